The Kier molecular flexibility index (Phi) is 7.49. The van der Waals surface area contributed by atoms with E-state index in [1.165, 1.54) is 14.0 Å². The van der Waals surface area contributed by atoms with Gasteiger partial charge in [-0.1, -0.05) is 6.92 Å². The first kappa shape index (κ1) is 15.9. The Morgan fingerprint density at radius 3 is 2.47 bits per heavy atom. The van der Waals surface area contributed by atoms with E-state index in [0.717, 1.165) is 6.42 Å². The van der Waals surface area contributed by atoms with Crippen LogP contribution in [0.5, 0.6) is 0 Å². The number of amides is 1. The molecule has 0 rings (SSSR count). The van der Waals surface area contributed by atoms with Crippen molar-refractivity contribution in [1.29, 1.82) is 0 Å². The summed E-state index contributed by atoms with van der Waals surface area (Å²) in [6.45, 7) is 4.51. The second-order valence-corrected chi connectivity index (χ2v) is 4.10. The van der Waals surface area contributed by atoms with E-state index < -0.39 is 11.5 Å². The SMILES string of the molecule is CCCNC(=O)CCNC(C)(COC)C(=O)O. The van der Waals surface area contributed by atoms with Crippen molar-refractivity contribution in [3.63, 3.8) is 0 Å². The molecular weight excluding hydrogens is 224 g/mol. The van der Waals surface area contributed by atoms with Crippen molar-refractivity contribution in [3.05, 3.63) is 0 Å². The predicted molar refractivity (Wildman–Crippen MR) is 63.8 cm³/mol. The van der Waals surface area contributed by atoms with Crippen LogP contribution in [0, 0.1) is 0 Å². The van der Waals surface area contributed by atoms with E-state index in [9.17, 15) is 9.59 Å². The van der Waals surface area contributed by atoms with Crippen molar-refractivity contribution in [2.75, 3.05) is 26.8 Å². The Hall–Kier alpha value is -1.14. The summed E-state index contributed by atoms with van der Waals surface area (Å²) in [6.07, 6.45) is 1.14. The number of carbonyl (C=O) groups excluding carboxylic acids is 1. The fourth-order valence-corrected chi connectivity index (χ4v) is 1.28. The first-order valence-electron chi connectivity index (χ1n) is 5.70. The number of carbonyl (C=O) groups is 2. The summed E-state index contributed by atoms with van der Waals surface area (Å²) in [5.41, 5.74) is -1.15. The molecule has 17 heavy (non-hydrogen) atoms. The van der Waals surface area contributed by atoms with Gasteiger partial charge in [-0.25, -0.2) is 0 Å². The fourth-order valence-electron chi connectivity index (χ4n) is 1.28. The Bertz CT molecular complexity index is 258. The van der Waals surface area contributed by atoms with Crippen LogP contribution >= 0.6 is 0 Å². The molecule has 0 spiro atoms. The lowest BCUT2D eigenvalue weighted by Crippen LogP contribution is -2.53. The van der Waals surface area contributed by atoms with Crippen LogP contribution in [-0.2, 0) is 14.3 Å². The smallest absolute Gasteiger partial charge is 0.326 e. The lowest BCUT2D eigenvalue weighted by molar-refractivity contribution is -0.146. The van der Waals surface area contributed by atoms with E-state index >= 15 is 0 Å². The molecule has 0 aromatic rings. The molecule has 1 amide bonds. The minimum atomic E-state index is -1.15. The zero-order valence-corrected chi connectivity index (χ0v) is 10.7. The molecule has 6 heteroatoms. The minimum absolute atomic E-state index is 0.0545. The number of hydrogen-bond donors (Lipinski definition) is 3. The summed E-state index contributed by atoms with van der Waals surface area (Å²) in [5.74, 6) is -1.07. The number of carboxylic acids is 1. The first-order valence-corrected chi connectivity index (χ1v) is 5.70. The monoisotopic (exact) mass is 246 g/mol. The number of methoxy groups -OCH3 is 1. The lowest BCUT2D eigenvalue weighted by atomic mass is 10.0. The molecule has 0 aliphatic carbocycles. The number of carboxylic acid groups (broad SMARTS) is 1. The van der Waals surface area contributed by atoms with Gasteiger partial charge < -0.3 is 15.2 Å². The Morgan fingerprint density at radius 1 is 1.35 bits per heavy atom. The summed E-state index contributed by atoms with van der Waals surface area (Å²) in [6, 6.07) is 0. The zero-order valence-electron chi connectivity index (χ0n) is 10.7. The highest BCUT2D eigenvalue weighted by Crippen LogP contribution is 2.04. The molecule has 0 aromatic heterocycles. The van der Waals surface area contributed by atoms with Crippen molar-refractivity contribution >= 4 is 11.9 Å². The van der Waals surface area contributed by atoms with E-state index in [0.29, 0.717) is 13.1 Å². The molecule has 1 unspecified atom stereocenters. The van der Waals surface area contributed by atoms with Gasteiger partial charge >= 0.3 is 5.97 Å². The van der Waals surface area contributed by atoms with Gasteiger partial charge in [-0.2, -0.15) is 0 Å². The molecule has 0 bridgehead atoms. The largest absolute Gasteiger partial charge is 0.480 e. The van der Waals surface area contributed by atoms with Crippen molar-refractivity contribution < 1.29 is 19.4 Å². The van der Waals surface area contributed by atoms with Crippen LogP contribution in [0.2, 0.25) is 0 Å². The second-order valence-electron chi connectivity index (χ2n) is 4.10. The molecule has 6 nitrogen and oxygen atoms in total. The molecular formula is C11H22N2O4. The summed E-state index contributed by atoms with van der Waals surface area (Å²) >= 11 is 0. The number of aliphatic carboxylic acids is 1. The summed E-state index contributed by atoms with van der Waals surface area (Å²) in [7, 11) is 1.44. The van der Waals surface area contributed by atoms with Gasteiger partial charge in [0.2, 0.25) is 5.91 Å². The molecule has 100 valence electrons. The van der Waals surface area contributed by atoms with E-state index in [4.69, 9.17) is 9.84 Å². The Labute approximate surface area is 102 Å². The van der Waals surface area contributed by atoms with Crippen LogP contribution in [0.25, 0.3) is 0 Å². The van der Waals surface area contributed by atoms with Gasteiger partial charge in [0.15, 0.2) is 0 Å². The van der Waals surface area contributed by atoms with Crippen molar-refractivity contribution in [2.24, 2.45) is 0 Å². The predicted octanol–water partition coefficient (Wildman–Crippen LogP) is -0.0180. The molecule has 0 aliphatic rings. The molecule has 3 N–H and O–H groups in total. The van der Waals surface area contributed by atoms with Crippen molar-refractivity contribution in [1.82, 2.24) is 10.6 Å². The lowest BCUT2D eigenvalue weighted by Gasteiger charge is -2.25. The normalized spacial score (nSPS) is 14.1. The van der Waals surface area contributed by atoms with E-state index in [2.05, 4.69) is 10.6 Å². The van der Waals surface area contributed by atoms with Crippen LogP contribution in [0.1, 0.15) is 26.7 Å². The average Bonchev–Trinajstić information content (AvgIpc) is 2.26. The molecule has 1 atom stereocenters. The highest BCUT2D eigenvalue weighted by atomic mass is 16.5. The summed E-state index contributed by atoms with van der Waals surface area (Å²) < 4.78 is 4.85. The fraction of sp³-hybridized carbons (Fsp3) is 0.818. The third-order valence-corrected chi connectivity index (χ3v) is 2.34. The topological polar surface area (TPSA) is 87.7 Å². The van der Waals surface area contributed by atoms with E-state index in [-0.39, 0.29) is 18.9 Å². The van der Waals surface area contributed by atoms with Gasteiger partial charge in [0, 0.05) is 26.6 Å². The van der Waals surface area contributed by atoms with Crippen LogP contribution in [0.15, 0.2) is 0 Å². The van der Waals surface area contributed by atoms with Crippen LogP contribution in [-0.4, -0.2) is 49.3 Å². The molecule has 0 fully saturated rings. The second kappa shape index (κ2) is 8.03. The molecule has 0 heterocycles. The molecule has 0 radical (unpaired) electrons. The van der Waals surface area contributed by atoms with Gasteiger partial charge in [-0.05, 0) is 13.3 Å². The number of hydrogen-bond acceptors (Lipinski definition) is 4. The summed E-state index contributed by atoms with van der Waals surface area (Å²) in [5, 5.41) is 14.6. The van der Waals surface area contributed by atoms with Crippen LogP contribution < -0.4 is 10.6 Å². The zero-order chi connectivity index (χ0) is 13.3. The number of rotatable bonds is 9. The van der Waals surface area contributed by atoms with Gasteiger partial charge in [0.1, 0.15) is 5.54 Å². The Morgan fingerprint density at radius 2 is 2.00 bits per heavy atom. The average molecular weight is 246 g/mol. The maximum atomic E-state index is 11.3. The van der Waals surface area contributed by atoms with Crippen molar-refractivity contribution in [2.45, 2.75) is 32.2 Å². The maximum absolute atomic E-state index is 11.3. The third-order valence-electron chi connectivity index (χ3n) is 2.34. The molecule has 0 saturated heterocycles. The van der Waals surface area contributed by atoms with Gasteiger partial charge in [-0.15, -0.1) is 0 Å². The van der Waals surface area contributed by atoms with E-state index in [1.54, 1.807) is 0 Å². The van der Waals surface area contributed by atoms with Crippen LogP contribution in [0.4, 0.5) is 0 Å². The highest BCUT2D eigenvalue weighted by Gasteiger charge is 2.32. The molecule has 0 saturated carbocycles. The highest BCUT2D eigenvalue weighted by molar-refractivity contribution is 5.79. The standard InChI is InChI=1S/C11H22N2O4/c1-4-6-12-9(14)5-7-13-11(2,8-17-3)10(15)16/h13H,4-8H2,1-3H3,(H,12,14)(H,15,16). The van der Waals surface area contributed by atoms with Gasteiger partial charge in [0.25, 0.3) is 0 Å². The summed E-state index contributed by atoms with van der Waals surface area (Å²) in [4.78, 5) is 22.3. The van der Waals surface area contributed by atoms with Crippen LogP contribution in [0.3, 0.4) is 0 Å². The van der Waals surface area contributed by atoms with Gasteiger partial charge in [0.05, 0.1) is 6.61 Å². The molecule has 0 aliphatic heterocycles. The number of ether oxygens (including phenoxy) is 1. The molecule has 0 aromatic carbocycles. The minimum Gasteiger partial charge on any atom is -0.480 e. The quantitative estimate of drug-likeness (QED) is 0.532. The number of nitrogens with one attached hydrogen (secondary N) is 2. The Balaban J connectivity index is 3.98. The third kappa shape index (κ3) is 6.23. The van der Waals surface area contributed by atoms with Gasteiger partial charge in [-0.3, -0.25) is 14.9 Å². The van der Waals surface area contributed by atoms with Crippen molar-refractivity contribution in [3.8, 4) is 0 Å². The maximum Gasteiger partial charge on any atom is 0.326 e. The van der Waals surface area contributed by atoms with E-state index in [1.807, 2.05) is 6.92 Å². The first-order chi connectivity index (χ1) is 7.96.